The zero-order chi connectivity index (χ0) is 12.4. The van der Waals surface area contributed by atoms with Crippen molar-refractivity contribution in [3.63, 3.8) is 0 Å². The van der Waals surface area contributed by atoms with Crippen molar-refractivity contribution in [1.29, 1.82) is 0 Å². The van der Waals surface area contributed by atoms with Crippen molar-refractivity contribution in [2.45, 2.75) is 32.4 Å². The molecule has 2 atom stereocenters. The fourth-order valence-corrected chi connectivity index (χ4v) is 2.59. The van der Waals surface area contributed by atoms with Crippen LogP contribution >= 0.6 is 15.9 Å². The Morgan fingerprint density at radius 2 is 2.29 bits per heavy atom. The van der Waals surface area contributed by atoms with Crippen molar-refractivity contribution in [3.05, 3.63) is 28.5 Å². The molecule has 0 spiro atoms. The SMILES string of the molecule is CCC1CN(c2ccc(Br)cc2F)C(C)CN1. The summed E-state index contributed by atoms with van der Waals surface area (Å²) in [4.78, 5) is 2.16. The Morgan fingerprint density at radius 3 is 2.94 bits per heavy atom. The van der Waals surface area contributed by atoms with E-state index in [9.17, 15) is 4.39 Å². The number of nitrogens with one attached hydrogen (secondary N) is 1. The second kappa shape index (κ2) is 5.36. The van der Waals surface area contributed by atoms with Crippen molar-refractivity contribution in [2.75, 3.05) is 18.0 Å². The molecule has 2 rings (SSSR count). The predicted octanol–water partition coefficient (Wildman–Crippen LogP) is 3.16. The predicted molar refractivity (Wildman–Crippen MR) is 73.0 cm³/mol. The van der Waals surface area contributed by atoms with Crippen molar-refractivity contribution in [3.8, 4) is 0 Å². The molecule has 0 aliphatic carbocycles. The maximum atomic E-state index is 13.9. The van der Waals surface area contributed by atoms with Gasteiger partial charge in [0.25, 0.3) is 0 Å². The van der Waals surface area contributed by atoms with Gasteiger partial charge in [-0.25, -0.2) is 4.39 Å². The van der Waals surface area contributed by atoms with Crippen molar-refractivity contribution in [2.24, 2.45) is 0 Å². The van der Waals surface area contributed by atoms with Crippen LogP contribution in [-0.4, -0.2) is 25.2 Å². The zero-order valence-electron chi connectivity index (χ0n) is 10.2. The molecule has 2 nitrogen and oxygen atoms in total. The van der Waals surface area contributed by atoms with Gasteiger partial charge >= 0.3 is 0 Å². The van der Waals surface area contributed by atoms with Crippen LogP contribution in [0.3, 0.4) is 0 Å². The van der Waals surface area contributed by atoms with Crippen LogP contribution in [0.1, 0.15) is 20.3 Å². The number of anilines is 1. The third-order valence-corrected chi connectivity index (χ3v) is 3.86. The first-order valence-electron chi connectivity index (χ1n) is 6.07. The molecule has 1 heterocycles. The molecule has 1 aliphatic rings. The van der Waals surface area contributed by atoms with E-state index in [1.165, 1.54) is 6.07 Å². The van der Waals surface area contributed by atoms with E-state index in [4.69, 9.17) is 0 Å². The van der Waals surface area contributed by atoms with Crippen LogP contribution in [0.2, 0.25) is 0 Å². The van der Waals surface area contributed by atoms with Crippen LogP contribution in [0.15, 0.2) is 22.7 Å². The smallest absolute Gasteiger partial charge is 0.147 e. The van der Waals surface area contributed by atoms with E-state index in [2.05, 4.69) is 40.0 Å². The fourth-order valence-electron chi connectivity index (χ4n) is 2.25. The minimum atomic E-state index is -0.150. The van der Waals surface area contributed by atoms with Crippen molar-refractivity contribution in [1.82, 2.24) is 5.32 Å². The van der Waals surface area contributed by atoms with Gasteiger partial charge in [0.05, 0.1) is 5.69 Å². The number of hydrogen-bond acceptors (Lipinski definition) is 2. The standard InChI is InChI=1S/C13H18BrFN2/c1-3-11-8-17(9(2)7-16-11)13-5-4-10(14)6-12(13)15/h4-6,9,11,16H,3,7-8H2,1-2H3. The van der Waals surface area contributed by atoms with Gasteiger partial charge < -0.3 is 10.2 Å². The van der Waals surface area contributed by atoms with E-state index in [0.29, 0.717) is 17.8 Å². The minimum absolute atomic E-state index is 0.150. The molecule has 0 bridgehead atoms. The number of benzene rings is 1. The Morgan fingerprint density at radius 1 is 1.53 bits per heavy atom. The highest BCUT2D eigenvalue weighted by molar-refractivity contribution is 9.10. The van der Waals surface area contributed by atoms with E-state index in [-0.39, 0.29) is 5.82 Å². The third-order valence-electron chi connectivity index (χ3n) is 3.36. The van der Waals surface area contributed by atoms with E-state index in [1.54, 1.807) is 0 Å². The van der Waals surface area contributed by atoms with E-state index in [1.807, 2.05) is 12.1 Å². The van der Waals surface area contributed by atoms with Crippen LogP contribution in [0.5, 0.6) is 0 Å². The van der Waals surface area contributed by atoms with Gasteiger partial charge in [0.2, 0.25) is 0 Å². The van der Waals surface area contributed by atoms with Gasteiger partial charge in [0.1, 0.15) is 5.82 Å². The summed E-state index contributed by atoms with van der Waals surface area (Å²) in [7, 11) is 0. The molecule has 0 amide bonds. The fraction of sp³-hybridized carbons (Fsp3) is 0.538. The van der Waals surface area contributed by atoms with Gasteiger partial charge in [-0.1, -0.05) is 22.9 Å². The Hall–Kier alpha value is -0.610. The molecule has 17 heavy (non-hydrogen) atoms. The molecule has 1 saturated heterocycles. The third kappa shape index (κ3) is 2.80. The lowest BCUT2D eigenvalue weighted by molar-refractivity contribution is 0.394. The molecule has 2 unspecified atom stereocenters. The molecule has 1 aliphatic heterocycles. The molecule has 0 saturated carbocycles. The van der Waals surface area contributed by atoms with Gasteiger partial charge in [-0.3, -0.25) is 0 Å². The van der Waals surface area contributed by atoms with E-state index < -0.39 is 0 Å². The highest BCUT2D eigenvalue weighted by Crippen LogP contribution is 2.26. The number of piperazine rings is 1. The number of rotatable bonds is 2. The zero-order valence-corrected chi connectivity index (χ0v) is 11.8. The monoisotopic (exact) mass is 300 g/mol. The highest BCUT2D eigenvalue weighted by atomic mass is 79.9. The Bertz CT molecular complexity index is 397. The largest absolute Gasteiger partial charge is 0.364 e. The molecule has 4 heteroatoms. The maximum Gasteiger partial charge on any atom is 0.147 e. The lowest BCUT2D eigenvalue weighted by atomic mass is 10.1. The summed E-state index contributed by atoms with van der Waals surface area (Å²) in [6, 6.07) is 6.07. The molecular formula is C13H18BrFN2. The van der Waals surface area contributed by atoms with Crippen LogP contribution < -0.4 is 10.2 Å². The molecule has 94 valence electrons. The second-order valence-electron chi connectivity index (χ2n) is 4.61. The molecule has 1 N–H and O–H groups in total. The molecule has 1 aromatic rings. The van der Waals surface area contributed by atoms with Crippen molar-refractivity contribution >= 4 is 21.6 Å². The molecule has 0 radical (unpaired) electrons. The Labute approximate surface area is 110 Å². The highest BCUT2D eigenvalue weighted by Gasteiger charge is 2.25. The first-order valence-corrected chi connectivity index (χ1v) is 6.86. The summed E-state index contributed by atoms with van der Waals surface area (Å²) < 4.78 is 14.7. The maximum absolute atomic E-state index is 13.9. The van der Waals surface area contributed by atoms with E-state index >= 15 is 0 Å². The average Bonchev–Trinajstić information content (AvgIpc) is 2.30. The summed E-state index contributed by atoms with van der Waals surface area (Å²) in [6.07, 6.45) is 1.07. The van der Waals surface area contributed by atoms with Crippen LogP contribution in [-0.2, 0) is 0 Å². The number of halogens is 2. The average molecular weight is 301 g/mol. The lowest BCUT2D eigenvalue weighted by Gasteiger charge is -2.40. The Kier molecular flexibility index (Phi) is 4.05. The molecule has 1 aromatic carbocycles. The van der Waals surface area contributed by atoms with Gasteiger partial charge in [0.15, 0.2) is 0 Å². The molecular weight excluding hydrogens is 283 g/mol. The van der Waals surface area contributed by atoms with Gasteiger partial charge in [-0.2, -0.15) is 0 Å². The minimum Gasteiger partial charge on any atom is -0.364 e. The van der Waals surface area contributed by atoms with Crippen LogP contribution in [0.25, 0.3) is 0 Å². The summed E-state index contributed by atoms with van der Waals surface area (Å²) in [5, 5.41) is 3.48. The van der Waals surface area contributed by atoms with Crippen LogP contribution in [0.4, 0.5) is 10.1 Å². The van der Waals surface area contributed by atoms with Crippen molar-refractivity contribution < 1.29 is 4.39 Å². The molecule has 1 fully saturated rings. The lowest BCUT2D eigenvalue weighted by Crippen LogP contribution is -2.55. The molecule has 0 aromatic heterocycles. The normalized spacial score (nSPS) is 25.1. The summed E-state index contributed by atoms with van der Waals surface area (Å²) in [6.45, 7) is 6.06. The summed E-state index contributed by atoms with van der Waals surface area (Å²) in [5.41, 5.74) is 0.709. The number of nitrogens with zero attached hydrogens (tertiary/aromatic N) is 1. The van der Waals surface area contributed by atoms with Gasteiger partial charge in [0, 0.05) is 29.6 Å². The number of hydrogen-bond donors (Lipinski definition) is 1. The summed E-state index contributed by atoms with van der Waals surface area (Å²) in [5.74, 6) is -0.150. The second-order valence-corrected chi connectivity index (χ2v) is 5.53. The van der Waals surface area contributed by atoms with E-state index in [0.717, 1.165) is 24.0 Å². The summed E-state index contributed by atoms with van der Waals surface area (Å²) >= 11 is 3.29. The topological polar surface area (TPSA) is 15.3 Å². The first kappa shape index (κ1) is 12.8. The van der Waals surface area contributed by atoms with Crippen LogP contribution in [0, 0.1) is 5.82 Å². The Balaban J connectivity index is 2.24. The quantitative estimate of drug-likeness (QED) is 0.902. The van der Waals surface area contributed by atoms with Gasteiger partial charge in [-0.15, -0.1) is 0 Å². The van der Waals surface area contributed by atoms with Gasteiger partial charge in [-0.05, 0) is 31.5 Å². The first-order chi connectivity index (χ1) is 8.11.